The van der Waals surface area contributed by atoms with Gasteiger partial charge in [0.15, 0.2) is 0 Å². The molecule has 1 aromatic rings. The molecule has 6 nitrogen and oxygen atoms in total. The van der Waals surface area contributed by atoms with Crippen molar-refractivity contribution in [1.82, 2.24) is 10.2 Å². The largest absolute Gasteiger partial charge is 0.494 e. The van der Waals surface area contributed by atoms with Crippen molar-refractivity contribution < 1.29 is 14.3 Å². The fourth-order valence-electron chi connectivity index (χ4n) is 2.16. The highest BCUT2D eigenvalue weighted by Crippen LogP contribution is 2.29. The normalized spacial score (nSPS) is 21.6. The number of hydrogen-bond acceptors (Lipinski definition) is 4. The van der Waals surface area contributed by atoms with Gasteiger partial charge in [0.2, 0.25) is 0 Å². The molecule has 1 heterocycles. The molecule has 2 rings (SSSR count). The van der Waals surface area contributed by atoms with Gasteiger partial charge in [-0.15, -0.1) is 0 Å². The molecule has 1 atom stereocenters. The molecule has 1 aliphatic rings. The van der Waals surface area contributed by atoms with Crippen LogP contribution in [0, 0.1) is 11.3 Å². The second-order valence-electron chi connectivity index (χ2n) is 4.56. The second-order valence-corrected chi connectivity index (χ2v) is 4.56. The Morgan fingerprint density at radius 2 is 2.00 bits per heavy atom. The summed E-state index contributed by atoms with van der Waals surface area (Å²) in [5.74, 6) is 0.277. The lowest BCUT2D eigenvalue weighted by Crippen LogP contribution is -2.40. The van der Waals surface area contributed by atoms with E-state index in [1.54, 1.807) is 31.2 Å². The number of nitrogens with one attached hydrogen (secondary N) is 1. The van der Waals surface area contributed by atoms with Crippen LogP contribution in [-0.4, -0.2) is 30.0 Å². The summed E-state index contributed by atoms with van der Waals surface area (Å²) in [6, 6.07) is 8.22. The zero-order chi connectivity index (χ0) is 14.8. The first-order chi connectivity index (χ1) is 9.52. The minimum Gasteiger partial charge on any atom is -0.494 e. The maximum absolute atomic E-state index is 12.3. The number of urea groups is 1. The van der Waals surface area contributed by atoms with Crippen molar-refractivity contribution in [3.05, 3.63) is 29.8 Å². The predicted molar refractivity (Wildman–Crippen MR) is 70.8 cm³/mol. The van der Waals surface area contributed by atoms with E-state index in [9.17, 15) is 9.59 Å². The summed E-state index contributed by atoms with van der Waals surface area (Å²) >= 11 is 0. The van der Waals surface area contributed by atoms with E-state index in [1.807, 2.05) is 13.0 Å². The van der Waals surface area contributed by atoms with Crippen LogP contribution in [0.15, 0.2) is 24.3 Å². The molecule has 1 aliphatic heterocycles. The summed E-state index contributed by atoms with van der Waals surface area (Å²) in [5.41, 5.74) is -0.488. The Kier molecular flexibility index (Phi) is 3.61. The van der Waals surface area contributed by atoms with Crippen molar-refractivity contribution in [1.29, 1.82) is 5.26 Å². The van der Waals surface area contributed by atoms with Gasteiger partial charge < -0.3 is 10.1 Å². The summed E-state index contributed by atoms with van der Waals surface area (Å²) in [4.78, 5) is 25.0. The Balaban J connectivity index is 2.29. The van der Waals surface area contributed by atoms with Crippen LogP contribution in [0.25, 0.3) is 0 Å². The van der Waals surface area contributed by atoms with Crippen molar-refractivity contribution in [3.8, 4) is 11.8 Å². The highest BCUT2D eigenvalue weighted by atomic mass is 16.5. The number of carbonyl (C=O) groups excluding carboxylic acids is 2. The minimum atomic E-state index is -1.14. The Morgan fingerprint density at radius 3 is 2.55 bits per heavy atom. The molecular formula is C14H15N3O3. The highest BCUT2D eigenvalue weighted by molar-refractivity contribution is 6.07. The molecule has 104 valence electrons. The molecule has 1 N–H and O–H groups in total. The van der Waals surface area contributed by atoms with Gasteiger partial charge in [-0.25, -0.2) is 9.69 Å². The first-order valence-electron chi connectivity index (χ1n) is 6.27. The Morgan fingerprint density at radius 1 is 1.35 bits per heavy atom. The standard InChI is InChI=1S/C14H15N3O3/c1-3-20-11-6-4-10(5-7-11)14(2)12(18)17(9-8-15)13(19)16-14/h4-7H,3,9H2,1-2H3,(H,16,19). The number of amides is 3. The van der Waals surface area contributed by atoms with Gasteiger partial charge in [0, 0.05) is 0 Å². The second kappa shape index (κ2) is 5.21. The quantitative estimate of drug-likeness (QED) is 0.663. The van der Waals surface area contributed by atoms with E-state index in [0.717, 1.165) is 4.90 Å². The van der Waals surface area contributed by atoms with Gasteiger partial charge in [0.05, 0.1) is 12.7 Å². The summed E-state index contributed by atoms with van der Waals surface area (Å²) in [7, 11) is 0. The molecule has 1 unspecified atom stereocenters. The van der Waals surface area contributed by atoms with Crippen molar-refractivity contribution in [3.63, 3.8) is 0 Å². The van der Waals surface area contributed by atoms with Gasteiger partial charge in [-0.05, 0) is 31.5 Å². The zero-order valence-corrected chi connectivity index (χ0v) is 11.3. The maximum atomic E-state index is 12.3. The lowest BCUT2D eigenvalue weighted by Gasteiger charge is -2.22. The van der Waals surface area contributed by atoms with Crippen molar-refractivity contribution in [2.45, 2.75) is 19.4 Å². The minimum absolute atomic E-state index is 0.253. The topological polar surface area (TPSA) is 82.4 Å². The average Bonchev–Trinajstić information content (AvgIpc) is 2.65. The Bertz CT molecular complexity index is 576. The van der Waals surface area contributed by atoms with Crippen molar-refractivity contribution >= 4 is 11.9 Å². The molecule has 0 saturated carbocycles. The lowest BCUT2D eigenvalue weighted by atomic mass is 9.92. The summed E-state index contributed by atoms with van der Waals surface area (Å²) in [6.45, 7) is 3.81. The number of nitrogens with zero attached hydrogens (tertiary/aromatic N) is 2. The van der Waals surface area contributed by atoms with Crippen LogP contribution in [0.5, 0.6) is 5.75 Å². The molecule has 0 bridgehead atoms. The van der Waals surface area contributed by atoms with E-state index < -0.39 is 17.5 Å². The molecule has 1 fully saturated rings. The van der Waals surface area contributed by atoms with E-state index in [-0.39, 0.29) is 6.54 Å². The zero-order valence-electron chi connectivity index (χ0n) is 11.3. The van der Waals surface area contributed by atoms with Crippen molar-refractivity contribution in [2.24, 2.45) is 0 Å². The summed E-state index contributed by atoms with van der Waals surface area (Å²) in [6.07, 6.45) is 0. The maximum Gasteiger partial charge on any atom is 0.326 e. The van der Waals surface area contributed by atoms with E-state index in [1.165, 1.54) is 0 Å². The van der Waals surface area contributed by atoms with Crippen LogP contribution in [0.2, 0.25) is 0 Å². The molecule has 0 aliphatic carbocycles. The third kappa shape index (κ3) is 2.18. The van der Waals surface area contributed by atoms with Gasteiger partial charge >= 0.3 is 6.03 Å². The van der Waals surface area contributed by atoms with Crippen LogP contribution < -0.4 is 10.1 Å². The van der Waals surface area contributed by atoms with E-state index >= 15 is 0 Å². The van der Waals surface area contributed by atoms with Crippen LogP contribution in [-0.2, 0) is 10.3 Å². The third-order valence-corrected chi connectivity index (χ3v) is 3.25. The monoisotopic (exact) mass is 273 g/mol. The molecule has 1 saturated heterocycles. The molecule has 0 spiro atoms. The lowest BCUT2D eigenvalue weighted by molar-refractivity contribution is -0.130. The molecule has 3 amide bonds. The number of rotatable bonds is 4. The average molecular weight is 273 g/mol. The number of benzene rings is 1. The fourth-order valence-corrected chi connectivity index (χ4v) is 2.16. The van der Waals surface area contributed by atoms with Gasteiger partial charge in [0.1, 0.15) is 17.8 Å². The van der Waals surface area contributed by atoms with Gasteiger partial charge in [-0.2, -0.15) is 5.26 Å². The van der Waals surface area contributed by atoms with E-state index in [2.05, 4.69) is 5.32 Å². The summed E-state index contributed by atoms with van der Waals surface area (Å²) < 4.78 is 5.34. The first-order valence-corrected chi connectivity index (χ1v) is 6.27. The molecule has 6 heteroatoms. The van der Waals surface area contributed by atoms with Crippen LogP contribution >= 0.6 is 0 Å². The van der Waals surface area contributed by atoms with Crippen LogP contribution in [0.3, 0.4) is 0 Å². The number of nitriles is 1. The van der Waals surface area contributed by atoms with Crippen molar-refractivity contribution in [2.75, 3.05) is 13.2 Å². The predicted octanol–water partition coefficient (Wildman–Crippen LogP) is 1.38. The van der Waals surface area contributed by atoms with Crippen LogP contribution in [0.4, 0.5) is 4.79 Å². The van der Waals surface area contributed by atoms with Crippen LogP contribution in [0.1, 0.15) is 19.4 Å². The Hall–Kier alpha value is -2.55. The first kappa shape index (κ1) is 13.9. The van der Waals surface area contributed by atoms with E-state index in [0.29, 0.717) is 17.9 Å². The molecule has 0 aromatic heterocycles. The smallest absolute Gasteiger partial charge is 0.326 e. The SMILES string of the molecule is CCOc1ccc(C2(C)NC(=O)N(CC#N)C2=O)cc1. The molecule has 20 heavy (non-hydrogen) atoms. The highest BCUT2D eigenvalue weighted by Gasteiger charge is 2.48. The fraction of sp³-hybridized carbons (Fsp3) is 0.357. The Labute approximate surface area is 116 Å². The van der Waals surface area contributed by atoms with Gasteiger partial charge in [-0.3, -0.25) is 4.79 Å². The number of ether oxygens (including phenoxy) is 1. The van der Waals surface area contributed by atoms with E-state index in [4.69, 9.17) is 10.00 Å². The number of carbonyl (C=O) groups is 2. The number of imide groups is 1. The third-order valence-electron chi connectivity index (χ3n) is 3.25. The molecular weight excluding hydrogens is 258 g/mol. The molecule has 1 aromatic carbocycles. The van der Waals surface area contributed by atoms with Gasteiger partial charge in [-0.1, -0.05) is 12.1 Å². The number of hydrogen-bond donors (Lipinski definition) is 1. The summed E-state index contributed by atoms with van der Waals surface area (Å²) in [5, 5.41) is 11.3. The van der Waals surface area contributed by atoms with Gasteiger partial charge in [0.25, 0.3) is 5.91 Å². The molecule has 0 radical (unpaired) electrons.